The summed E-state index contributed by atoms with van der Waals surface area (Å²) in [5.41, 5.74) is 2.43. The maximum atomic E-state index is 13.3. The van der Waals surface area contributed by atoms with Gasteiger partial charge in [-0.15, -0.1) is 0 Å². The molecule has 4 rings (SSSR count). The van der Waals surface area contributed by atoms with Crippen LogP contribution in [0.4, 0.5) is 0 Å². The highest BCUT2D eigenvalue weighted by molar-refractivity contribution is 6.32. The van der Waals surface area contributed by atoms with Gasteiger partial charge in [-0.05, 0) is 49.9 Å². The van der Waals surface area contributed by atoms with Crippen LogP contribution in [-0.4, -0.2) is 42.6 Å². The molecular formula is C24H28ClN3O3. The van der Waals surface area contributed by atoms with Crippen LogP contribution in [0.2, 0.25) is 5.02 Å². The molecule has 0 unspecified atom stereocenters. The Labute approximate surface area is 187 Å². The number of aromatic nitrogens is 2. The Morgan fingerprint density at radius 2 is 2.03 bits per heavy atom. The Hall–Kier alpha value is -2.57. The SMILES string of the molecule is COc1ccc(C2(C(=O)NCCCn3nc4ccccc4c3C)CCOCC2)cc1Cl. The van der Waals surface area contributed by atoms with E-state index in [0.29, 0.717) is 43.4 Å². The van der Waals surface area contributed by atoms with Crippen molar-refractivity contribution in [3.63, 3.8) is 0 Å². The number of amides is 1. The minimum absolute atomic E-state index is 0.0272. The quantitative estimate of drug-likeness (QED) is 0.556. The number of ether oxygens (including phenoxy) is 2. The molecule has 0 spiro atoms. The molecule has 164 valence electrons. The van der Waals surface area contributed by atoms with Crippen LogP contribution in [0.1, 0.15) is 30.5 Å². The Kier molecular flexibility index (Phi) is 6.49. The van der Waals surface area contributed by atoms with Crippen LogP contribution in [0.3, 0.4) is 0 Å². The third kappa shape index (κ3) is 4.27. The number of methoxy groups -OCH3 is 1. The lowest BCUT2D eigenvalue weighted by atomic mass is 9.73. The van der Waals surface area contributed by atoms with Gasteiger partial charge in [0.15, 0.2) is 0 Å². The number of aryl methyl sites for hydroxylation is 2. The fourth-order valence-electron chi connectivity index (χ4n) is 4.36. The molecule has 7 heteroatoms. The van der Waals surface area contributed by atoms with Crippen LogP contribution in [0.15, 0.2) is 42.5 Å². The number of nitrogens with zero attached hydrogens (tertiary/aromatic N) is 2. The molecule has 0 aliphatic carbocycles. The molecule has 0 radical (unpaired) electrons. The minimum Gasteiger partial charge on any atom is -0.495 e. The Morgan fingerprint density at radius 3 is 2.74 bits per heavy atom. The van der Waals surface area contributed by atoms with Crippen LogP contribution >= 0.6 is 11.6 Å². The summed E-state index contributed by atoms with van der Waals surface area (Å²) in [5, 5.41) is 9.50. The standard InChI is InChI=1S/C24H28ClN3O3/c1-17-19-6-3-4-7-21(19)27-28(17)13-5-12-26-23(29)24(10-14-31-15-11-24)18-8-9-22(30-2)20(25)16-18/h3-4,6-9,16H,5,10-15H2,1-2H3,(H,26,29). The number of hydrogen-bond acceptors (Lipinski definition) is 4. The molecular weight excluding hydrogens is 414 g/mol. The van der Waals surface area contributed by atoms with Crippen molar-refractivity contribution in [2.75, 3.05) is 26.9 Å². The van der Waals surface area contributed by atoms with Crippen molar-refractivity contribution in [3.05, 3.63) is 58.7 Å². The minimum atomic E-state index is -0.634. The van der Waals surface area contributed by atoms with Crippen molar-refractivity contribution in [1.82, 2.24) is 15.1 Å². The van der Waals surface area contributed by atoms with Gasteiger partial charge in [-0.1, -0.05) is 35.9 Å². The average Bonchev–Trinajstić information content (AvgIpc) is 3.12. The Bertz CT molecular complexity index is 1070. The van der Waals surface area contributed by atoms with Crippen molar-refractivity contribution < 1.29 is 14.3 Å². The molecule has 1 amide bonds. The zero-order chi connectivity index (χ0) is 21.8. The second-order valence-corrected chi connectivity index (χ2v) is 8.39. The zero-order valence-electron chi connectivity index (χ0n) is 18.0. The highest BCUT2D eigenvalue weighted by Crippen LogP contribution is 2.38. The fraction of sp³-hybridized carbons (Fsp3) is 0.417. The number of halogens is 1. The predicted octanol–water partition coefficient (Wildman–Crippen LogP) is 4.26. The maximum absolute atomic E-state index is 13.3. The molecule has 1 saturated heterocycles. The van der Waals surface area contributed by atoms with Crippen molar-refractivity contribution in [3.8, 4) is 5.75 Å². The summed E-state index contributed by atoms with van der Waals surface area (Å²) < 4.78 is 12.8. The summed E-state index contributed by atoms with van der Waals surface area (Å²) in [7, 11) is 1.59. The molecule has 3 aromatic rings. The van der Waals surface area contributed by atoms with E-state index in [4.69, 9.17) is 21.1 Å². The third-order valence-corrected chi connectivity index (χ3v) is 6.52. The van der Waals surface area contributed by atoms with Crippen LogP contribution in [0.5, 0.6) is 5.75 Å². The summed E-state index contributed by atoms with van der Waals surface area (Å²) >= 11 is 6.36. The molecule has 1 aliphatic rings. The molecule has 31 heavy (non-hydrogen) atoms. The molecule has 1 N–H and O–H groups in total. The predicted molar refractivity (Wildman–Crippen MR) is 122 cm³/mol. The summed E-state index contributed by atoms with van der Waals surface area (Å²) in [6, 6.07) is 13.8. The smallest absolute Gasteiger partial charge is 0.230 e. The number of rotatable bonds is 7. The first-order chi connectivity index (χ1) is 15.0. The normalized spacial score (nSPS) is 15.7. The molecule has 2 aromatic carbocycles. The van der Waals surface area contributed by atoms with E-state index in [1.54, 1.807) is 7.11 Å². The van der Waals surface area contributed by atoms with Gasteiger partial charge in [-0.3, -0.25) is 9.48 Å². The van der Waals surface area contributed by atoms with Gasteiger partial charge >= 0.3 is 0 Å². The van der Waals surface area contributed by atoms with Gasteiger partial charge < -0.3 is 14.8 Å². The number of fused-ring (bicyclic) bond motifs is 1. The van der Waals surface area contributed by atoms with E-state index in [1.807, 2.05) is 41.1 Å². The third-order valence-electron chi connectivity index (χ3n) is 6.23. The van der Waals surface area contributed by atoms with E-state index >= 15 is 0 Å². The summed E-state index contributed by atoms with van der Waals surface area (Å²) in [6.45, 7) is 4.52. The first-order valence-electron chi connectivity index (χ1n) is 10.7. The number of hydrogen-bond donors (Lipinski definition) is 1. The molecule has 1 aliphatic heterocycles. The Morgan fingerprint density at radius 1 is 1.26 bits per heavy atom. The van der Waals surface area contributed by atoms with Gasteiger partial charge in [0, 0.05) is 37.4 Å². The lowest BCUT2D eigenvalue weighted by molar-refractivity contribution is -0.130. The van der Waals surface area contributed by atoms with Crippen molar-refractivity contribution in [2.45, 2.75) is 38.1 Å². The molecule has 0 bridgehead atoms. The topological polar surface area (TPSA) is 65.4 Å². The lowest BCUT2D eigenvalue weighted by Gasteiger charge is -2.36. The molecule has 1 aromatic heterocycles. The van der Waals surface area contributed by atoms with Crippen LogP contribution in [-0.2, 0) is 21.5 Å². The van der Waals surface area contributed by atoms with Gasteiger partial charge in [0.1, 0.15) is 5.75 Å². The van der Waals surface area contributed by atoms with Crippen molar-refractivity contribution in [2.24, 2.45) is 0 Å². The average molecular weight is 442 g/mol. The second kappa shape index (κ2) is 9.28. The van der Waals surface area contributed by atoms with E-state index in [9.17, 15) is 4.79 Å². The lowest BCUT2D eigenvalue weighted by Crippen LogP contribution is -2.48. The monoisotopic (exact) mass is 441 g/mol. The van der Waals surface area contributed by atoms with Gasteiger partial charge in [0.25, 0.3) is 0 Å². The molecule has 1 fully saturated rings. The van der Waals surface area contributed by atoms with E-state index in [-0.39, 0.29) is 5.91 Å². The number of carbonyl (C=O) groups is 1. The van der Waals surface area contributed by atoms with E-state index in [0.717, 1.165) is 29.7 Å². The second-order valence-electron chi connectivity index (χ2n) is 7.98. The molecule has 0 atom stereocenters. The van der Waals surface area contributed by atoms with Gasteiger partial charge in [-0.2, -0.15) is 5.10 Å². The van der Waals surface area contributed by atoms with Gasteiger partial charge in [-0.25, -0.2) is 0 Å². The Balaban J connectivity index is 1.43. The molecule has 6 nitrogen and oxygen atoms in total. The number of benzene rings is 2. The summed E-state index contributed by atoms with van der Waals surface area (Å²) in [4.78, 5) is 13.3. The first-order valence-corrected chi connectivity index (χ1v) is 11.1. The maximum Gasteiger partial charge on any atom is 0.230 e. The van der Waals surface area contributed by atoms with Crippen LogP contribution in [0.25, 0.3) is 10.9 Å². The number of nitrogens with one attached hydrogen (secondary N) is 1. The van der Waals surface area contributed by atoms with Crippen LogP contribution < -0.4 is 10.1 Å². The van der Waals surface area contributed by atoms with E-state index in [2.05, 4.69) is 23.4 Å². The largest absolute Gasteiger partial charge is 0.495 e. The van der Waals surface area contributed by atoms with E-state index in [1.165, 1.54) is 5.39 Å². The van der Waals surface area contributed by atoms with Crippen LogP contribution in [0, 0.1) is 6.92 Å². The molecule has 2 heterocycles. The highest BCUT2D eigenvalue weighted by Gasteiger charge is 2.41. The van der Waals surface area contributed by atoms with Crippen molar-refractivity contribution >= 4 is 28.4 Å². The van der Waals surface area contributed by atoms with Gasteiger partial charge in [0.05, 0.1) is 23.1 Å². The van der Waals surface area contributed by atoms with E-state index < -0.39 is 5.41 Å². The summed E-state index contributed by atoms with van der Waals surface area (Å²) in [5.74, 6) is 0.634. The zero-order valence-corrected chi connectivity index (χ0v) is 18.7. The summed E-state index contributed by atoms with van der Waals surface area (Å²) in [6.07, 6.45) is 2.06. The van der Waals surface area contributed by atoms with Crippen molar-refractivity contribution in [1.29, 1.82) is 0 Å². The molecule has 0 saturated carbocycles. The fourth-order valence-corrected chi connectivity index (χ4v) is 4.62. The number of carbonyl (C=O) groups excluding carboxylic acids is 1. The van der Waals surface area contributed by atoms with Gasteiger partial charge in [0.2, 0.25) is 5.91 Å². The first kappa shape index (κ1) is 21.7. The highest BCUT2D eigenvalue weighted by atomic mass is 35.5.